The zero-order valence-electron chi connectivity index (χ0n) is 9.77. The van der Waals surface area contributed by atoms with Crippen molar-refractivity contribution in [3.05, 3.63) is 23.7 Å². The molecule has 4 nitrogen and oxygen atoms in total. The zero-order chi connectivity index (χ0) is 12.8. The minimum atomic E-state index is -2.47. The highest BCUT2D eigenvalue weighted by atomic mass is 19.3. The van der Waals surface area contributed by atoms with Gasteiger partial charge in [-0.15, -0.1) is 0 Å². The molecule has 98 valence electrons. The third kappa shape index (κ3) is 4.07. The van der Waals surface area contributed by atoms with Gasteiger partial charge < -0.3 is 15.3 Å². The Kier molecular flexibility index (Phi) is 5.54. The Balaban J connectivity index is 2.80. The zero-order valence-corrected chi connectivity index (χ0v) is 9.77. The quantitative estimate of drug-likeness (QED) is 0.759. The van der Waals surface area contributed by atoms with Crippen LogP contribution in [0.5, 0.6) is 0 Å². The maximum absolute atomic E-state index is 12.4. The van der Waals surface area contributed by atoms with E-state index in [1.54, 1.807) is 19.1 Å². The summed E-state index contributed by atoms with van der Waals surface area (Å²) >= 11 is 0. The summed E-state index contributed by atoms with van der Waals surface area (Å²) in [4.78, 5) is 1.43. The van der Waals surface area contributed by atoms with E-state index in [9.17, 15) is 8.78 Å². The summed E-state index contributed by atoms with van der Waals surface area (Å²) in [6.45, 7) is 1.47. The SMILES string of the molecule is Cc1ccc(C(CN)N(CCO)CC(F)F)o1. The number of nitrogens with two attached hydrogens (primary N) is 1. The molecule has 6 heteroatoms. The van der Waals surface area contributed by atoms with Gasteiger partial charge in [-0.05, 0) is 19.1 Å². The van der Waals surface area contributed by atoms with E-state index in [2.05, 4.69) is 0 Å². The van der Waals surface area contributed by atoms with Gasteiger partial charge in [0.05, 0.1) is 19.2 Å². The van der Waals surface area contributed by atoms with Crippen LogP contribution in [-0.2, 0) is 0 Å². The third-order valence-electron chi connectivity index (χ3n) is 2.51. The molecule has 3 N–H and O–H groups in total. The second-order valence-electron chi connectivity index (χ2n) is 3.81. The summed E-state index contributed by atoms with van der Waals surface area (Å²) in [5, 5.41) is 8.89. The lowest BCUT2D eigenvalue weighted by molar-refractivity contribution is 0.0506. The van der Waals surface area contributed by atoms with Crippen LogP contribution in [0, 0.1) is 6.92 Å². The first kappa shape index (κ1) is 14.1. The van der Waals surface area contributed by atoms with Gasteiger partial charge in [0.15, 0.2) is 0 Å². The number of hydrogen-bond acceptors (Lipinski definition) is 4. The fourth-order valence-electron chi connectivity index (χ4n) is 1.76. The summed E-state index contributed by atoms with van der Waals surface area (Å²) < 4.78 is 30.3. The predicted molar refractivity (Wildman–Crippen MR) is 59.9 cm³/mol. The number of aryl methyl sites for hydroxylation is 1. The average Bonchev–Trinajstić information content (AvgIpc) is 2.65. The maximum Gasteiger partial charge on any atom is 0.251 e. The Morgan fingerprint density at radius 3 is 2.59 bits per heavy atom. The molecule has 0 bridgehead atoms. The van der Waals surface area contributed by atoms with Crippen LogP contribution < -0.4 is 5.73 Å². The lowest BCUT2D eigenvalue weighted by Crippen LogP contribution is -2.38. The van der Waals surface area contributed by atoms with Crippen molar-refractivity contribution in [1.29, 1.82) is 0 Å². The second-order valence-corrected chi connectivity index (χ2v) is 3.81. The first-order chi connectivity index (χ1) is 8.08. The molecule has 1 rings (SSSR count). The van der Waals surface area contributed by atoms with Gasteiger partial charge in [-0.25, -0.2) is 8.78 Å². The summed E-state index contributed by atoms with van der Waals surface area (Å²) in [5.41, 5.74) is 5.59. The highest BCUT2D eigenvalue weighted by Gasteiger charge is 2.24. The van der Waals surface area contributed by atoms with E-state index >= 15 is 0 Å². The van der Waals surface area contributed by atoms with Crippen molar-refractivity contribution < 1.29 is 18.3 Å². The van der Waals surface area contributed by atoms with Gasteiger partial charge in [0.1, 0.15) is 11.5 Å². The fraction of sp³-hybridized carbons (Fsp3) is 0.636. The van der Waals surface area contributed by atoms with Crippen LogP contribution in [0.25, 0.3) is 0 Å². The number of furan rings is 1. The van der Waals surface area contributed by atoms with E-state index in [0.29, 0.717) is 11.5 Å². The molecule has 0 saturated heterocycles. The molecule has 1 heterocycles. The molecule has 0 aliphatic heterocycles. The second kappa shape index (κ2) is 6.68. The molecule has 0 spiro atoms. The molecule has 1 unspecified atom stereocenters. The van der Waals surface area contributed by atoms with E-state index < -0.39 is 19.0 Å². The monoisotopic (exact) mass is 248 g/mol. The van der Waals surface area contributed by atoms with Crippen LogP contribution >= 0.6 is 0 Å². The van der Waals surface area contributed by atoms with Crippen LogP contribution in [0.4, 0.5) is 8.78 Å². The first-order valence-electron chi connectivity index (χ1n) is 5.48. The number of halogens is 2. The molecule has 1 aromatic heterocycles. The van der Waals surface area contributed by atoms with E-state index in [1.807, 2.05) is 0 Å². The van der Waals surface area contributed by atoms with Gasteiger partial charge in [-0.2, -0.15) is 0 Å². The lowest BCUT2D eigenvalue weighted by atomic mass is 10.2. The molecule has 1 aromatic rings. The van der Waals surface area contributed by atoms with Crippen molar-refractivity contribution in [3.8, 4) is 0 Å². The van der Waals surface area contributed by atoms with Crippen LogP contribution in [-0.4, -0.2) is 42.7 Å². The van der Waals surface area contributed by atoms with E-state index in [1.165, 1.54) is 4.90 Å². The standard InChI is InChI=1S/C11H18F2N2O2/c1-8-2-3-10(17-8)9(6-14)15(4-5-16)7-11(12)13/h2-3,9,11,16H,4-7,14H2,1H3. The summed E-state index contributed by atoms with van der Waals surface area (Å²) in [6.07, 6.45) is -2.47. The number of alkyl halides is 2. The molecule has 0 amide bonds. The van der Waals surface area contributed by atoms with Crippen molar-refractivity contribution in [2.45, 2.75) is 19.4 Å². The number of aliphatic hydroxyl groups is 1. The van der Waals surface area contributed by atoms with Crippen molar-refractivity contribution in [1.82, 2.24) is 4.90 Å². The number of nitrogens with zero attached hydrogens (tertiary/aromatic N) is 1. The Morgan fingerprint density at radius 2 is 2.18 bits per heavy atom. The highest BCUT2D eigenvalue weighted by molar-refractivity contribution is 5.10. The minimum absolute atomic E-state index is 0.145. The molecule has 0 radical (unpaired) electrons. The van der Waals surface area contributed by atoms with Crippen molar-refractivity contribution >= 4 is 0 Å². The van der Waals surface area contributed by atoms with Crippen molar-refractivity contribution in [3.63, 3.8) is 0 Å². The topological polar surface area (TPSA) is 62.6 Å². The highest BCUT2D eigenvalue weighted by Crippen LogP contribution is 2.22. The predicted octanol–water partition coefficient (Wildman–Crippen LogP) is 1.15. The van der Waals surface area contributed by atoms with Crippen LogP contribution in [0.15, 0.2) is 16.5 Å². The Bertz CT molecular complexity index is 331. The van der Waals surface area contributed by atoms with Crippen LogP contribution in [0.2, 0.25) is 0 Å². The third-order valence-corrected chi connectivity index (χ3v) is 2.51. The molecule has 1 atom stereocenters. The summed E-state index contributed by atoms with van der Waals surface area (Å²) in [6, 6.07) is 3.06. The first-order valence-corrected chi connectivity index (χ1v) is 5.48. The Hall–Kier alpha value is -0.980. The number of aliphatic hydroxyl groups excluding tert-OH is 1. The van der Waals surface area contributed by atoms with E-state index in [0.717, 1.165) is 0 Å². The van der Waals surface area contributed by atoms with Gasteiger partial charge in [-0.1, -0.05) is 0 Å². The number of rotatable bonds is 7. The fourth-order valence-corrected chi connectivity index (χ4v) is 1.76. The van der Waals surface area contributed by atoms with Gasteiger partial charge in [0, 0.05) is 13.1 Å². The van der Waals surface area contributed by atoms with Gasteiger partial charge in [0.25, 0.3) is 6.43 Å². The van der Waals surface area contributed by atoms with Gasteiger partial charge >= 0.3 is 0 Å². The molecule has 0 aliphatic carbocycles. The van der Waals surface area contributed by atoms with Crippen molar-refractivity contribution in [2.24, 2.45) is 5.73 Å². The normalized spacial score (nSPS) is 13.6. The van der Waals surface area contributed by atoms with Crippen LogP contribution in [0.1, 0.15) is 17.6 Å². The molecule has 17 heavy (non-hydrogen) atoms. The Labute approximate surface area is 99.0 Å². The van der Waals surface area contributed by atoms with Crippen molar-refractivity contribution in [2.75, 3.05) is 26.2 Å². The van der Waals surface area contributed by atoms with Gasteiger partial charge in [0.2, 0.25) is 0 Å². The molecule has 0 aromatic carbocycles. The molecule has 0 aliphatic rings. The molecule has 0 fully saturated rings. The minimum Gasteiger partial charge on any atom is -0.465 e. The van der Waals surface area contributed by atoms with E-state index in [4.69, 9.17) is 15.3 Å². The van der Waals surface area contributed by atoms with E-state index in [-0.39, 0.29) is 19.7 Å². The smallest absolute Gasteiger partial charge is 0.251 e. The molecular weight excluding hydrogens is 230 g/mol. The lowest BCUT2D eigenvalue weighted by Gasteiger charge is -2.28. The molecular formula is C11H18F2N2O2. The average molecular weight is 248 g/mol. The maximum atomic E-state index is 12.4. The Morgan fingerprint density at radius 1 is 1.47 bits per heavy atom. The van der Waals surface area contributed by atoms with Gasteiger partial charge in [-0.3, -0.25) is 4.90 Å². The molecule has 0 saturated carbocycles. The summed E-state index contributed by atoms with van der Waals surface area (Å²) in [7, 11) is 0. The largest absolute Gasteiger partial charge is 0.465 e. The van der Waals surface area contributed by atoms with Crippen LogP contribution in [0.3, 0.4) is 0 Å². The summed E-state index contributed by atoms with van der Waals surface area (Å²) in [5.74, 6) is 1.26. The number of hydrogen-bond donors (Lipinski definition) is 2.